The summed E-state index contributed by atoms with van der Waals surface area (Å²) in [5.74, 6) is -0.401. The zero-order valence-electron chi connectivity index (χ0n) is 12.2. The molecule has 0 fully saturated rings. The zero-order valence-corrected chi connectivity index (χ0v) is 13.0. The number of benzene rings is 1. The molecule has 2 aromatic rings. The first-order chi connectivity index (χ1) is 10.4. The summed E-state index contributed by atoms with van der Waals surface area (Å²) >= 11 is 1.03. The lowest BCUT2D eigenvalue weighted by Gasteiger charge is -2.08. The summed E-state index contributed by atoms with van der Waals surface area (Å²) < 4.78 is 1.36. The fourth-order valence-corrected chi connectivity index (χ4v) is 2.79. The molecule has 0 unspecified atom stereocenters. The third-order valence-corrected chi connectivity index (χ3v) is 4.11. The zero-order chi connectivity index (χ0) is 16.3. The van der Waals surface area contributed by atoms with Crippen molar-refractivity contribution in [1.29, 1.82) is 0 Å². The van der Waals surface area contributed by atoms with Crippen LogP contribution in [0.5, 0.6) is 0 Å². The van der Waals surface area contributed by atoms with Gasteiger partial charge in [-0.2, -0.15) is 0 Å². The molecule has 0 saturated heterocycles. The van der Waals surface area contributed by atoms with Gasteiger partial charge in [0.05, 0.1) is 4.92 Å². The molecule has 0 aliphatic rings. The number of hydrogen-bond acceptors (Lipinski definition) is 5. The van der Waals surface area contributed by atoms with E-state index in [1.807, 2.05) is 6.92 Å². The molecule has 0 radical (unpaired) electrons. The molecule has 0 saturated carbocycles. The third-order valence-electron chi connectivity index (χ3n) is 3.22. The van der Waals surface area contributed by atoms with E-state index in [-0.39, 0.29) is 17.1 Å². The molecule has 1 heterocycles. The smallest absolute Gasteiger partial charge is 0.307 e. The Balaban J connectivity index is 2.17. The van der Waals surface area contributed by atoms with Crippen LogP contribution in [0.3, 0.4) is 0 Å². The summed E-state index contributed by atoms with van der Waals surface area (Å²) in [5.41, 5.74) is 1.63. The van der Waals surface area contributed by atoms with E-state index in [0.29, 0.717) is 23.4 Å². The Morgan fingerprint density at radius 1 is 1.45 bits per heavy atom. The highest BCUT2D eigenvalue weighted by atomic mass is 32.1. The van der Waals surface area contributed by atoms with Crippen molar-refractivity contribution >= 4 is 28.6 Å². The van der Waals surface area contributed by atoms with Crippen molar-refractivity contribution in [3.8, 4) is 0 Å². The minimum atomic E-state index is -0.470. The molecule has 1 amide bonds. The van der Waals surface area contributed by atoms with Crippen LogP contribution in [-0.2, 0) is 17.8 Å². The van der Waals surface area contributed by atoms with E-state index in [4.69, 9.17) is 0 Å². The summed E-state index contributed by atoms with van der Waals surface area (Å²) in [4.78, 5) is 33.9. The molecule has 8 heteroatoms. The Labute approximate surface area is 130 Å². The number of aromatic nitrogens is 1. The van der Waals surface area contributed by atoms with E-state index in [9.17, 15) is 19.7 Å². The first kappa shape index (κ1) is 15.9. The maximum Gasteiger partial charge on any atom is 0.307 e. The SMILES string of the molecule is CCc1ccc(NC(=O)Cn2c(C)csc2=O)cc1[N+](=O)[O-]. The first-order valence-corrected chi connectivity index (χ1v) is 7.52. The lowest BCUT2D eigenvalue weighted by molar-refractivity contribution is -0.385. The van der Waals surface area contributed by atoms with Gasteiger partial charge in [-0.3, -0.25) is 24.3 Å². The standard InChI is InChI=1S/C14H15N3O4S/c1-3-10-4-5-11(6-12(10)17(20)21)15-13(18)7-16-9(2)8-22-14(16)19/h4-6,8H,3,7H2,1-2H3,(H,15,18). The van der Waals surface area contributed by atoms with Crippen LogP contribution < -0.4 is 10.2 Å². The number of aryl methyl sites for hydroxylation is 2. The second-order valence-electron chi connectivity index (χ2n) is 4.73. The molecule has 0 atom stereocenters. The third kappa shape index (κ3) is 3.40. The van der Waals surface area contributed by atoms with Crippen molar-refractivity contribution in [3.63, 3.8) is 0 Å². The monoisotopic (exact) mass is 321 g/mol. The number of hydrogen-bond donors (Lipinski definition) is 1. The number of amides is 1. The van der Waals surface area contributed by atoms with Gasteiger partial charge in [0.1, 0.15) is 6.54 Å². The predicted molar refractivity (Wildman–Crippen MR) is 84.4 cm³/mol. The molecule has 22 heavy (non-hydrogen) atoms. The van der Waals surface area contributed by atoms with E-state index in [1.165, 1.54) is 10.6 Å². The summed E-state index contributed by atoms with van der Waals surface area (Å²) in [5, 5.41) is 15.3. The van der Waals surface area contributed by atoms with Crippen molar-refractivity contribution in [1.82, 2.24) is 4.57 Å². The lowest BCUT2D eigenvalue weighted by atomic mass is 10.1. The largest absolute Gasteiger partial charge is 0.324 e. The quantitative estimate of drug-likeness (QED) is 0.675. The van der Waals surface area contributed by atoms with Gasteiger partial charge in [0.25, 0.3) is 5.69 Å². The topological polar surface area (TPSA) is 94.2 Å². The first-order valence-electron chi connectivity index (χ1n) is 6.64. The molecular weight excluding hydrogens is 306 g/mol. The lowest BCUT2D eigenvalue weighted by Crippen LogP contribution is -2.25. The van der Waals surface area contributed by atoms with Crippen LogP contribution in [0.2, 0.25) is 0 Å². The van der Waals surface area contributed by atoms with Gasteiger partial charge in [-0.05, 0) is 19.4 Å². The number of nitro benzene ring substituents is 1. The van der Waals surface area contributed by atoms with E-state index in [1.54, 1.807) is 24.4 Å². The van der Waals surface area contributed by atoms with E-state index in [0.717, 1.165) is 11.3 Å². The van der Waals surface area contributed by atoms with Crippen molar-refractivity contribution < 1.29 is 9.72 Å². The highest BCUT2D eigenvalue weighted by Crippen LogP contribution is 2.23. The van der Waals surface area contributed by atoms with Crippen molar-refractivity contribution in [3.05, 3.63) is 54.6 Å². The van der Waals surface area contributed by atoms with Crippen molar-refractivity contribution in [2.24, 2.45) is 0 Å². The van der Waals surface area contributed by atoms with E-state index in [2.05, 4.69) is 5.32 Å². The second kappa shape index (κ2) is 6.52. The Kier molecular flexibility index (Phi) is 4.71. The van der Waals surface area contributed by atoms with Crippen LogP contribution in [-0.4, -0.2) is 15.4 Å². The minimum absolute atomic E-state index is 0.0239. The Bertz CT molecular complexity index is 779. The van der Waals surface area contributed by atoms with Gasteiger partial charge in [0, 0.05) is 28.4 Å². The maximum absolute atomic E-state index is 12.0. The van der Waals surface area contributed by atoms with Crippen LogP contribution in [0, 0.1) is 17.0 Å². The number of nitrogens with one attached hydrogen (secondary N) is 1. The molecule has 1 N–H and O–H groups in total. The molecule has 0 spiro atoms. The average Bonchev–Trinajstić information content (AvgIpc) is 2.79. The highest BCUT2D eigenvalue weighted by molar-refractivity contribution is 7.07. The Hall–Kier alpha value is -2.48. The molecule has 0 bridgehead atoms. The van der Waals surface area contributed by atoms with Gasteiger partial charge < -0.3 is 5.32 Å². The molecule has 0 aliphatic carbocycles. The number of anilines is 1. The van der Waals surface area contributed by atoms with Crippen LogP contribution in [0.1, 0.15) is 18.2 Å². The van der Waals surface area contributed by atoms with Gasteiger partial charge >= 0.3 is 4.87 Å². The highest BCUT2D eigenvalue weighted by Gasteiger charge is 2.15. The van der Waals surface area contributed by atoms with Gasteiger partial charge in [0.2, 0.25) is 5.91 Å². The number of thiazole rings is 1. The summed E-state index contributed by atoms with van der Waals surface area (Å²) in [6.45, 7) is 3.45. The van der Waals surface area contributed by atoms with E-state index < -0.39 is 10.8 Å². The maximum atomic E-state index is 12.0. The number of nitro groups is 1. The number of rotatable bonds is 5. The van der Waals surface area contributed by atoms with Crippen LogP contribution in [0.4, 0.5) is 11.4 Å². The molecule has 2 rings (SSSR count). The molecule has 7 nitrogen and oxygen atoms in total. The summed E-state index contributed by atoms with van der Waals surface area (Å²) in [6, 6.07) is 4.57. The second-order valence-corrected chi connectivity index (χ2v) is 5.55. The minimum Gasteiger partial charge on any atom is -0.324 e. The molecule has 0 aliphatic heterocycles. The number of carbonyl (C=O) groups is 1. The molecule has 1 aromatic heterocycles. The fourth-order valence-electron chi connectivity index (χ4n) is 2.05. The Morgan fingerprint density at radius 3 is 2.73 bits per heavy atom. The van der Waals surface area contributed by atoms with Crippen LogP contribution in [0.15, 0.2) is 28.4 Å². The summed E-state index contributed by atoms with van der Waals surface area (Å²) in [7, 11) is 0. The van der Waals surface area contributed by atoms with Gasteiger partial charge in [-0.1, -0.05) is 24.3 Å². The molecule has 1 aromatic carbocycles. The van der Waals surface area contributed by atoms with Crippen LogP contribution in [0.25, 0.3) is 0 Å². The normalized spacial score (nSPS) is 10.5. The molecular formula is C14H15N3O4S. The molecule has 116 valence electrons. The number of carbonyl (C=O) groups excluding carboxylic acids is 1. The predicted octanol–water partition coefficient (Wildman–Crippen LogP) is 2.33. The van der Waals surface area contributed by atoms with Gasteiger partial charge in [0.15, 0.2) is 0 Å². The summed E-state index contributed by atoms with van der Waals surface area (Å²) in [6.07, 6.45) is 0.536. The number of nitrogens with zero attached hydrogens (tertiary/aromatic N) is 2. The van der Waals surface area contributed by atoms with Gasteiger partial charge in [-0.15, -0.1) is 0 Å². The average molecular weight is 321 g/mol. The van der Waals surface area contributed by atoms with Crippen molar-refractivity contribution in [2.75, 3.05) is 5.32 Å². The van der Waals surface area contributed by atoms with Crippen molar-refractivity contribution in [2.45, 2.75) is 26.8 Å². The van der Waals surface area contributed by atoms with Crippen LogP contribution >= 0.6 is 11.3 Å². The van der Waals surface area contributed by atoms with Gasteiger partial charge in [-0.25, -0.2) is 0 Å². The van der Waals surface area contributed by atoms with E-state index >= 15 is 0 Å². The fraction of sp³-hybridized carbons (Fsp3) is 0.286. The Morgan fingerprint density at radius 2 is 2.18 bits per heavy atom.